The van der Waals surface area contributed by atoms with Gasteiger partial charge in [0.15, 0.2) is 9.84 Å². The van der Waals surface area contributed by atoms with Crippen LogP contribution in [0.5, 0.6) is 0 Å². The molecule has 0 unspecified atom stereocenters. The van der Waals surface area contributed by atoms with Crippen LogP contribution in [0.15, 0.2) is 71.6 Å². The Morgan fingerprint density at radius 3 is 1.77 bits per heavy atom. The Hall–Kier alpha value is -3.73. The van der Waals surface area contributed by atoms with Crippen LogP contribution >= 0.6 is 0 Å². The van der Waals surface area contributed by atoms with Gasteiger partial charge < -0.3 is 10.1 Å². The number of carbonyl (C=O) groups is 1. The predicted molar refractivity (Wildman–Crippen MR) is 164 cm³/mol. The number of sulfone groups is 1. The number of ether oxygens (including phenoxy) is 1. The molecule has 2 fully saturated rings. The first kappa shape index (κ1) is 39.5. The summed E-state index contributed by atoms with van der Waals surface area (Å²) in [7, 11) is -4.56. The van der Waals surface area contributed by atoms with Gasteiger partial charge in [0, 0.05) is 35.9 Å². The summed E-state index contributed by atoms with van der Waals surface area (Å²) in [4.78, 5) is 12.5. The highest BCUT2D eigenvalue weighted by Gasteiger charge is 2.73. The summed E-state index contributed by atoms with van der Waals surface area (Å²) in [5.41, 5.74) is -8.08. The number of hydrogen-bond acceptors (Lipinski definition) is 4. The molecule has 5 rings (SSSR count). The lowest BCUT2D eigenvalue weighted by atomic mass is 9.79. The molecule has 1 amide bonds. The minimum atomic E-state index is -6.24. The fourth-order valence-corrected chi connectivity index (χ4v) is 9.16. The zero-order chi connectivity index (χ0) is 38.3. The van der Waals surface area contributed by atoms with Gasteiger partial charge in [-0.1, -0.05) is 30.3 Å². The highest BCUT2D eigenvalue weighted by Crippen LogP contribution is 2.54. The normalized spacial score (nSPS) is 21.9. The number of amides is 1. The van der Waals surface area contributed by atoms with Crippen LogP contribution in [0, 0.1) is 23.4 Å². The third-order valence-corrected chi connectivity index (χ3v) is 12.5. The van der Waals surface area contributed by atoms with E-state index >= 15 is 0 Å². The van der Waals surface area contributed by atoms with Crippen molar-refractivity contribution in [2.75, 3.05) is 0 Å². The van der Waals surface area contributed by atoms with Gasteiger partial charge in [0.25, 0.3) is 5.60 Å². The van der Waals surface area contributed by atoms with Crippen molar-refractivity contribution in [1.29, 1.82) is 0 Å². The number of hydrogen-bond donors (Lipinski definition) is 1. The van der Waals surface area contributed by atoms with Gasteiger partial charge >= 0.3 is 12.4 Å². The summed E-state index contributed by atoms with van der Waals surface area (Å²) in [6.07, 6.45) is -14.2. The second-order valence-corrected chi connectivity index (χ2v) is 15.4. The van der Waals surface area contributed by atoms with Crippen LogP contribution in [0.25, 0.3) is 0 Å². The Morgan fingerprint density at radius 2 is 1.27 bits per heavy atom. The maximum absolute atomic E-state index is 14.5. The van der Waals surface area contributed by atoms with E-state index in [1.807, 2.05) is 0 Å². The molecule has 0 spiro atoms. The van der Waals surface area contributed by atoms with Crippen molar-refractivity contribution >= 4 is 15.7 Å². The van der Waals surface area contributed by atoms with E-state index in [0.717, 1.165) is 42.5 Å². The minimum absolute atomic E-state index is 0.0385. The summed E-state index contributed by atoms with van der Waals surface area (Å²) >= 11 is 0. The zero-order valence-corrected chi connectivity index (χ0v) is 27.9. The molecule has 52 heavy (non-hydrogen) atoms. The fraction of sp³-hybridized carbons (Fsp3) is 0.457. The number of benzene rings is 3. The molecular weight excluding hydrogens is 739 g/mol. The number of carbonyl (C=O) groups excluding carboxylic acids is 1. The topological polar surface area (TPSA) is 72.5 Å². The first-order valence-corrected chi connectivity index (χ1v) is 17.6. The molecule has 2 aliphatic rings. The van der Waals surface area contributed by atoms with Gasteiger partial charge in [-0.15, -0.1) is 0 Å². The third kappa shape index (κ3) is 7.39. The molecule has 0 heterocycles. The molecule has 0 radical (unpaired) electrons. The molecule has 3 aromatic carbocycles. The van der Waals surface area contributed by atoms with Gasteiger partial charge in [0.2, 0.25) is 11.8 Å². The SMILES string of the molecule is O=C(NC1CCC(c2ccc(C(OCc3c(F)cccc3F)(C(F)(F)F)C(F)(F)F)cc2)(S(=O)(=O)c2ccc(F)cc2)CC1)C1CCC(F)(F)CC1. The number of halogens is 11. The summed E-state index contributed by atoms with van der Waals surface area (Å²) in [5.74, 6) is -7.75. The molecule has 3 aromatic rings. The van der Waals surface area contributed by atoms with E-state index in [2.05, 4.69) is 10.1 Å². The Morgan fingerprint density at radius 1 is 0.750 bits per heavy atom. The molecule has 284 valence electrons. The molecule has 0 aromatic heterocycles. The molecule has 2 aliphatic carbocycles. The quantitative estimate of drug-likeness (QED) is 0.174. The van der Waals surface area contributed by atoms with Crippen LogP contribution in [0.3, 0.4) is 0 Å². The molecule has 17 heteroatoms. The van der Waals surface area contributed by atoms with Crippen LogP contribution < -0.4 is 5.32 Å². The lowest BCUT2D eigenvalue weighted by Gasteiger charge is -2.41. The number of alkyl halides is 8. The van der Waals surface area contributed by atoms with Gasteiger partial charge in [-0.3, -0.25) is 4.79 Å². The first-order chi connectivity index (χ1) is 24.1. The number of rotatable bonds is 9. The lowest BCUT2D eigenvalue weighted by molar-refractivity contribution is -0.392. The predicted octanol–water partition coefficient (Wildman–Crippen LogP) is 9.19. The fourth-order valence-electron chi connectivity index (χ4n) is 7.00. The molecule has 1 N–H and O–H groups in total. The monoisotopic (exact) mass is 771 g/mol. The molecule has 5 nitrogen and oxygen atoms in total. The van der Waals surface area contributed by atoms with Crippen LogP contribution in [0.2, 0.25) is 0 Å². The first-order valence-electron chi connectivity index (χ1n) is 16.1. The van der Waals surface area contributed by atoms with Crippen molar-refractivity contribution < 1.29 is 66.2 Å². The molecule has 2 saturated carbocycles. The maximum Gasteiger partial charge on any atom is 0.430 e. The summed E-state index contributed by atoms with van der Waals surface area (Å²) in [5, 5.41) is 2.75. The van der Waals surface area contributed by atoms with Crippen LogP contribution in [0.4, 0.5) is 48.3 Å². The van der Waals surface area contributed by atoms with E-state index in [-0.39, 0.29) is 44.1 Å². The average Bonchev–Trinajstić information content (AvgIpc) is 3.05. The van der Waals surface area contributed by atoms with E-state index < -0.39 is 109 Å². The van der Waals surface area contributed by atoms with Crippen molar-refractivity contribution in [3.63, 3.8) is 0 Å². The Balaban J connectivity index is 1.50. The average molecular weight is 772 g/mol. The number of nitrogens with one attached hydrogen (secondary N) is 1. The van der Waals surface area contributed by atoms with E-state index in [9.17, 15) is 61.5 Å². The van der Waals surface area contributed by atoms with Gasteiger partial charge in [0.1, 0.15) is 22.2 Å². The van der Waals surface area contributed by atoms with Crippen LogP contribution in [0.1, 0.15) is 68.1 Å². The van der Waals surface area contributed by atoms with Gasteiger partial charge in [-0.2, -0.15) is 26.3 Å². The van der Waals surface area contributed by atoms with Gasteiger partial charge in [-0.05, 0) is 80.5 Å². The Kier molecular flexibility index (Phi) is 10.8. The highest BCUT2D eigenvalue weighted by molar-refractivity contribution is 7.92. The zero-order valence-electron chi connectivity index (χ0n) is 27.1. The van der Waals surface area contributed by atoms with Gasteiger partial charge in [-0.25, -0.2) is 30.4 Å². The molecule has 0 bridgehead atoms. The van der Waals surface area contributed by atoms with Crippen molar-refractivity contribution in [2.24, 2.45) is 5.92 Å². The molecule has 0 atom stereocenters. The molecule has 0 aliphatic heterocycles. The minimum Gasteiger partial charge on any atom is -0.353 e. The van der Waals surface area contributed by atoms with E-state index in [1.54, 1.807) is 0 Å². The van der Waals surface area contributed by atoms with Crippen molar-refractivity contribution in [2.45, 2.75) is 97.5 Å². The van der Waals surface area contributed by atoms with E-state index in [1.165, 1.54) is 0 Å². The third-order valence-electron chi connectivity index (χ3n) is 9.98. The Bertz CT molecular complexity index is 1810. The van der Waals surface area contributed by atoms with E-state index in [0.29, 0.717) is 24.3 Å². The highest BCUT2D eigenvalue weighted by atomic mass is 32.2. The molecular formula is C35H32F11NO4S. The largest absolute Gasteiger partial charge is 0.430 e. The summed E-state index contributed by atoms with van der Waals surface area (Å²) < 4.78 is 187. The lowest BCUT2D eigenvalue weighted by Crippen LogP contribution is -2.56. The Labute approximate surface area is 291 Å². The standard InChI is InChI=1S/C35H32F11NO4S/c36-24-8-10-26(11-9-24)52(49,50)31(16-14-25(15-17-31)47-30(48)21-12-18-32(39,40)19-13-21)22-4-6-23(7-5-22)33(34(41,42)43,35(44,45)46)51-20-27-28(37)2-1-3-29(27)38/h1-11,21,25H,12-20H2,(H,47,48). The van der Waals surface area contributed by atoms with Gasteiger partial charge in [0.05, 0.1) is 11.5 Å². The van der Waals surface area contributed by atoms with Crippen LogP contribution in [-0.4, -0.2) is 38.6 Å². The second kappa shape index (κ2) is 14.3. The maximum atomic E-state index is 14.5. The van der Waals surface area contributed by atoms with Crippen molar-refractivity contribution in [3.8, 4) is 0 Å². The van der Waals surface area contributed by atoms with E-state index in [4.69, 9.17) is 0 Å². The molecule has 0 saturated heterocycles. The summed E-state index contributed by atoms with van der Waals surface area (Å²) in [6, 6.07) is 7.38. The smallest absolute Gasteiger partial charge is 0.353 e. The van der Waals surface area contributed by atoms with Crippen LogP contribution in [-0.2, 0) is 36.3 Å². The summed E-state index contributed by atoms with van der Waals surface area (Å²) in [6.45, 7) is -1.78. The second-order valence-electron chi connectivity index (χ2n) is 13.1. The van der Waals surface area contributed by atoms with Crippen molar-refractivity contribution in [1.82, 2.24) is 5.32 Å². The van der Waals surface area contributed by atoms with Crippen molar-refractivity contribution in [3.05, 3.63) is 101 Å².